The smallest absolute Gasteiger partial charge is 0.174 e. The Balaban J connectivity index is 2.16. The van der Waals surface area contributed by atoms with Crippen LogP contribution in [0.5, 0.6) is 0 Å². The highest BCUT2D eigenvalue weighted by atomic mass is 35.5. The molecule has 1 atom stereocenters. The molecule has 0 aromatic heterocycles. The molecule has 0 bridgehead atoms. The Morgan fingerprint density at radius 2 is 1.91 bits per heavy atom. The van der Waals surface area contributed by atoms with Crippen LogP contribution in [0.15, 0.2) is 29.5 Å². The van der Waals surface area contributed by atoms with Gasteiger partial charge in [-0.05, 0) is 52.8 Å². The lowest BCUT2D eigenvalue weighted by Crippen LogP contribution is -2.32. The fourth-order valence-corrected chi connectivity index (χ4v) is 5.13. The van der Waals surface area contributed by atoms with Gasteiger partial charge in [0.2, 0.25) is 0 Å². The van der Waals surface area contributed by atoms with Crippen molar-refractivity contribution in [2.45, 2.75) is 56.6 Å². The van der Waals surface area contributed by atoms with E-state index in [4.69, 9.17) is 11.6 Å². The average Bonchev–Trinajstić information content (AvgIpc) is 2.52. The van der Waals surface area contributed by atoms with E-state index in [-0.39, 0.29) is 21.3 Å². The summed E-state index contributed by atoms with van der Waals surface area (Å²) in [7, 11) is 0. The first-order valence-electron chi connectivity index (χ1n) is 7.89. The van der Waals surface area contributed by atoms with E-state index in [2.05, 4.69) is 38.3 Å². The zero-order chi connectivity index (χ0) is 17.0. The Labute approximate surface area is 147 Å². The minimum Gasteiger partial charge on any atom is -0.378 e. The molecule has 23 heavy (non-hydrogen) atoms. The molecule has 0 aliphatic carbocycles. The number of thioether (sulfide) groups is 1. The van der Waals surface area contributed by atoms with Gasteiger partial charge in [0.15, 0.2) is 5.78 Å². The lowest BCUT2D eigenvalue weighted by Gasteiger charge is -2.28. The van der Waals surface area contributed by atoms with Crippen LogP contribution in [-0.4, -0.2) is 21.3 Å². The number of Topliss-reactive ketones (excluding diaryl/α,β-unsaturated/α-hetero) is 1. The largest absolute Gasteiger partial charge is 0.378 e. The number of carbonyl (C=O) groups is 1. The molecule has 2 aliphatic rings. The summed E-state index contributed by atoms with van der Waals surface area (Å²) < 4.78 is -0.183. The molecular weight excluding hydrogens is 328 g/mol. The van der Waals surface area contributed by atoms with Gasteiger partial charge in [-0.2, -0.15) is 0 Å². The molecule has 5 heteroatoms. The van der Waals surface area contributed by atoms with Crippen LogP contribution in [0.25, 0.3) is 0 Å². The second-order valence-corrected chi connectivity index (χ2v) is 9.89. The van der Waals surface area contributed by atoms with Crippen molar-refractivity contribution in [3.63, 3.8) is 0 Å². The molecule has 0 amide bonds. The molecular formula is C18H23ClN2OS. The molecule has 2 aliphatic heterocycles. The Bertz CT molecular complexity index is 709. The third-order valence-corrected chi connectivity index (χ3v) is 5.95. The molecule has 1 aromatic rings. The van der Waals surface area contributed by atoms with Crippen molar-refractivity contribution >= 4 is 40.5 Å². The molecule has 1 unspecified atom stereocenters. The Morgan fingerprint density at radius 1 is 1.22 bits per heavy atom. The van der Waals surface area contributed by atoms with Crippen LogP contribution < -0.4 is 10.6 Å². The van der Waals surface area contributed by atoms with Crippen LogP contribution in [0, 0.1) is 0 Å². The van der Waals surface area contributed by atoms with Crippen LogP contribution in [0.2, 0.25) is 5.02 Å². The number of halogens is 1. The maximum atomic E-state index is 12.8. The van der Waals surface area contributed by atoms with Crippen molar-refractivity contribution in [2.75, 3.05) is 10.6 Å². The summed E-state index contributed by atoms with van der Waals surface area (Å²) in [5.41, 5.74) is 3.71. The van der Waals surface area contributed by atoms with Gasteiger partial charge in [0.1, 0.15) is 0 Å². The SMILES string of the molecule is CC1SC(C)(C)/C(=C2\CC(C)(C)Nc3ccc(Cl)cc3N2)C1=O. The highest BCUT2D eigenvalue weighted by Gasteiger charge is 2.44. The highest BCUT2D eigenvalue weighted by molar-refractivity contribution is 8.02. The lowest BCUT2D eigenvalue weighted by atomic mass is 9.89. The Hall–Kier alpha value is -1.13. The van der Waals surface area contributed by atoms with Crippen LogP contribution in [0.1, 0.15) is 41.0 Å². The standard InChI is InChI=1S/C18H23ClN2OS/c1-10-16(22)15(18(4,5)23-10)14-9-17(2,3)21-12-7-6-11(19)8-13(12)20-14/h6-8,10,20-21H,9H2,1-5H3/b15-14+. The average molecular weight is 351 g/mol. The van der Waals surface area contributed by atoms with E-state index in [0.29, 0.717) is 5.02 Å². The van der Waals surface area contributed by atoms with Crippen molar-refractivity contribution in [1.82, 2.24) is 0 Å². The first-order valence-corrected chi connectivity index (χ1v) is 9.15. The first kappa shape index (κ1) is 16.7. The summed E-state index contributed by atoms with van der Waals surface area (Å²) in [6.07, 6.45) is 0.761. The molecule has 1 aromatic carbocycles. The van der Waals surface area contributed by atoms with Crippen molar-refractivity contribution in [3.8, 4) is 0 Å². The van der Waals surface area contributed by atoms with Crippen LogP contribution in [-0.2, 0) is 4.79 Å². The normalized spacial score (nSPS) is 28.6. The second kappa shape index (κ2) is 5.45. The topological polar surface area (TPSA) is 41.1 Å². The maximum Gasteiger partial charge on any atom is 0.174 e. The van der Waals surface area contributed by atoms with E-state index in [1.807, 2.05) is 25.1 Å². The summed E-state index contributed by atoms with van der Waals surface area (Å²) in [6, 6.07) is 5.78. The monoisotopic (exact) mass is 350 g/mol. The number of carbonyl (C=O) groups excluding carboxylic acids is 1. The molecule has 0 radical (unpaired) electrons. The molecule has 2 heterocycles. The number of benzene rings is 1. The number of rotatable bonds is 0. The van der Waals surface area contributed by atoms with Crippen molar-refractivity contribution in [3.05, 3.63) is 34.5 Å². The minimum atomic E-state index is -0.183. The zero-order valence-corrected chi connectivity index (χ0v) is 15.8. The van der Waals surface area contributed by atoms with Gasteiger partial charge in [0.05, 0.1) is 16.6 Å². The summed E-state index contributed by atoms with van der Waals surface area (Å²) >= 11 is 7.89. The molecule has 3 rings (SSSR count). The number of fused-ring (bicyclic) bond motifs is 1. The van der Waals surface area contributed by atoms with Gasteiger partial charge >= 0.3 is 0 Å². The quantitative estimate of drug-likeness (QED) is 0.640. The maximum absolute atomic E-state index is 12.8. The Kier molecular flexibility index (Phi) is 3.96. The predicted octanol–water partition coefficient (Wildman–Crippen LogP) is 5.08. The van der Waals surface area contributed by atoms with Gasteiger partial charge in [0.25, 0.3) is 0 Å². The molecule has 0 saturated carbocycles. The summed E-state index contributed by atoms with van der Waals surface area (Å²) in [5.74, 6) is 0.240. The van der Waals surface area contributed by atoms with E-state index < -0.39 is 0 Å². The molecule has 2 N–H and O–H groups in total. The van der Waals surface area contributed by atoms with E-state index in [0.717, 1.165) is 29.1 Å². The number of nitrogens with one attached hydrogen (secondary N) is 2. The molecule has 1 saturated heterocycles. The minimum absolute atomic E-state index is 0.00690. The Morgan fingerprint density at radius 3 is 2.52 bits per heavy atom. The van der Waals surface area contributed by atoms with Gasteiger partial charge in [-0.1, -0.05) is 11.6 Å². The van der Waals surface area contributed by atoms with E-state index >= 15 is 0 Å². The van der Waals surface area contributed by atoms with Gasteiger partial charge in [-0.3, -0.25) is 4.79 Å². The summed E-state index contributed by atoms with van der Waals surface area (Å²) in [4.78, 5) is 12.8. The summed E-state index contributed by atoms with van der Waals surface area (Å²) in [6.45, 7) is 10.6. The zero-order valence-electron chi connectivity index (χ0n) is 14.2. The van der Waals surface area contributed by atoms with Crippen molar-refractivity contribution in [1.29, 1.82) is 0 Å². The lowest BCUT2D eigenvalue weighted by molar-refractivity contribution is -0.114. The van der Waals surface area contributed by atoms with Crippen molar-refractivity contribution < 1.29 is 4.79 Å². The number of hydrogen-bond acceptors (Lipinski definition) is 4. The van der Waals surface area contributed by atoms with E-state index in [1.165, 1.54) is 0 Å². The highest BCUT2D eigenvalue weighted by Crippen LogP contribution is 2.48. The summed E-state index contributed by atoms with van der Waals surface area (Å²) in [5, 5.41) is 7.75. The van der Waals surface area contributed by atoms with Gasteiger partial charge in [-0.25, -0.2) is 0 Å². The van der Waals surface area contributed by atoms with Gasteiger partial charge < -0.3 is 10.6 Å². The first-order chi connectivity index (χ1) is 10.6. The third kappa shape index (κ3) is 3.11. The molecule has 3 nitrogen and oxygen atoms in total. The van der Waals surface area contributed by atoms with Crippen LogP contribution >= 0.6 is 23.4 Å². The van der Waals surface area contributed by atoms with E-state index in [9.17, 15) is 4.79 Å². The molecule has 0 spiro atoms. The number of hydrogen-bond donors (Lipinski definition) is 2. The predicted molar refractivity (Wildman–Crippen MR) is 101 cm³/mol. The van der Waals surface area contributed by atoms with Gasteiger partial charge in [0, 0.05) is 33.0 Å². The second-order valence-electron chi connectivity index (χ2n) is 7.49. The fourth-order valence-electron chi connectivity index (χ4n) is 3.50. The molecule has 124 valence electrons. The van der Waals surface area contributed by atoms with Crippen LogP contribution in [0.4, 0.5) is 11.4 Å². The molecule has 1 fully saturated rings. The fraction of sp³-hybridized carbons (Fsp3) is 0.500. The number of anilines is 2. The van der Waals surface area contributed by atoms with Crippen LogP contribution in [0.3, 0.4) is 0 Å². The van der Waals surface area contributed by atoms with E-state index in [1.54, 1.807) is 11.8 Å². The third-order valence-electron chi connectivity index (χ3n) is 4.35. The van der Waals surface area contributed by atoms with Gasteiger partial charge in [-0.15, -0.1) is 11.8 Å². The van der Waals surface area contributed by atoms with Crippen molar-refractivity contribution in [2.24, 2.45) is 0 Å². The number of ketones is 1.